The van der Waals surface area contributed by atoms with E-state index in [1.165, 1.54) is 6.20 Å². The number of rotatable bonds is 5. The van der Waals surface area contributed by atoms with Gasteiger partial charge in [0.25, 0.3) is 5.56 Å². The van der Waals surface area contributed by atoms with Crippen LogP contribution in [0.2, 0.25) is 0 Å². The van der Waals surface area contributed by atoms with Gasteiger partial charge in [-0.15, -0.1) is 0 Å². The zero-order valence-corrected chi connectivity index (χ0v) is 11.8. The van der Waals surface area contributed by atoms with Gasteiger partial charge in [0.2, 0.25) is 0 Å². The van der Waals surface area contributed by atoms with Gasteiger partial charge in [-0.3, -0.25) is 4.79 Å². The van der Waals surface area contributed by atoms with Gasteiger partial charge in [-0.2, -0.15) is 0 Å². The van der Waals surface area contributed by atoms with E-state index in [2.05, 4.69) is 10.3 Å². The molecule has 1 aromatic carbocycles. The Morgan fingerprint density at radius 1 is 1.29 bits per heavy atom. The number of benzene rings is 1. The smallest absolute Gasteiger partial charge is 0.269 e. The van der Waals surface area contributed by atoms with E-state index in [0.717, 1.165) is 16.8 Å². The van der Waals surface area contributed by atoms with Crippen molar-refractivity contribution in [3.8, 4) is 0 Å². The molecule has 2 aromatic heterocycles. The predicted octanol–water partition coefficient (Wildman–Crippen LogP) is 2.34. The fourth-order valence-electron chi connectivity index (χ4n) is 2.38. The first kappa shape index (κ1) is 13.6. The standard InChI is InChI=1S/C16H17N3O2/c1-12(15-7-4-10-21-15)17-8-9-19-14-6-3-2-5-13(14)18-11-16(19)20/h2-7,10-12,17H,8-9H2,1H3. The molecule has 0 bridgehead atoms. The van der Waals surface area contributed by atoms with Crippen LogP contribution in [0, 0.1) is 0 Å². The van der Waals surface area contributed by atoms with Crippen LogP contribution in [0.15, 0.2) is 58.1 Å². The Hall–Kier alpha value is -2.40. The number of furan rings is 1. The number of aromatic nitrogens is 2. The molecule has 0 fully saturated rings. The lowest BCUT2D eigenvalue weighted by Gasteiger charge is -2.13. The lowest BCUT2D eigenvalue weighted by atomic mass is 10.2. The summed E-state index contributed by atoms with van der Waals surface area (Å²) in [5.74, 6) is 0.891. The average molecular weight is 283 g/mol. The fourth-order valence-corrected chi connectivity index (χ4v) is 2.38. The highest BCUT2D eigenvalue weighted by Gasteiger charge is 2.08. The van der Waals surface area contributed by atoms with Crippen LogP contribution in [0.3, 0.4) is 0 Å². The van der Waals surface area contributed by atoms with Crippen molar-refractivity contribution in [2.45, 2.75) is 19.5 Å². The Morgan fingerprint density at radius 2 is 2.14 bits per heavy atom. The molecule has 2 heterocycles. The summed E-state index contributed by atoms with van der Waals surface area (Å²) >= 11 is 0. The van der Waals surface area contributed by atoms with Gasteiger partial charge in [-0.05, 0) is 31.2 Å². The summed E-state index contributed by atoms with van der Waals surface area (Å²) in [7, 11) is 0. The first-order chi connectivity index (χ1) is 10.3. The predicted molar refractivity (Wildman–Crippen MR) is 81.1 cm³/mol. The van der Waals surface area contributed by atoms with Gasteiger partial charge >= 0.3 is 0 Å². The van der Waals surface area contributed by atoms with E-state index in [1.807, 2.05) is 43.3 Å². The Bertz CT molecular complexity index is 778. The summed E-state index contributed by atoms with van der Waals surface area (Å²) in [5.41, 5.74) is 1.61. The lowest BCUT2D eigenvalue weighted by molar-refractivity contribution is 0.423. The zero-order chi connectivity index (χ0) is 14.7. The lowest BCUT2D eigenvalue weighted by Crippen LogP contribution is -2.28. The van der Waals surface area contributed by atoms with Crippen LogP contribution < -0.4 is 10.9 Å². The second-order valence-corrected chi connectivity index (χ2v) is 4.93. The molecule has 21 heavy (non-hydrogen) atoms. The minimum absolute atomic E-state index is 0.0823. The van der Waals surface area contributed by atoms with Crippen molar-refractivity contribution in [3.05, 3.63) is 65.0 Å². The quantitative estimate of drug-likeness (QED) is 0.780. The van der Waals surface area contributed by atoms with Crippen LogP contribution >= 0.6 is 0 Å². The molecule has 0 spiro atoms. The molecule has 1 N–H and O–H groups in total. The van der Waals surface area contributed by atoms with Gasteiger partial charge in [-0.25, -0.2) is 4.98 Å². The molecule has 1 atom stereocenters. The van der Waals surface area contributed by atoms with Crippen molar-refractivity contribution in [3.63, 3.8) is 0 Å². The third-order valence-electron chi connectivity index (χ3n) is 3.51. The normalized spacial score (nSPS) is 12.6. The maximum Gasteiger partial charge on any atom is 0.269 e. The first-order valence-corrected chi connectivity index (χ1v) is 6.97. The van der Waals surface area contributed by atoms with E-state index in [9.17, 15) is 4.79 Å². The van der Waals surface area contributed by atoms with Crippen LogP contribution in [0.5, 0.6) is 0 Å². The Balaban J connectivity index is 1.73. The SMILES string of the molecule is CC(NCCn1c(=O)cnc2ccccc21)c1ccco1. The summed E-state index contributed by atoms with van der Waals surface area (Å²) in [4.78, 5) is 16.1. The number of para-hydroxylation sites is 2. The number of fused-ring (bicyclic) bond motifs is 1. The molecule has 0 radical (unpaired) electrons. The summed E-state index contributed by atoms with van der Waals surface area (Å²) in [6, 6.07) is 11.6. The largest absolute Gasteiger partial charge is 0.468 e. The molecular formula is C16H17N3O2. The van der Waals surface area contributed by atoms with Crippen molar-refractivity contribution in [2.24, 2.45) is 0 Å². The molecule has 5 nitrogen and oxygen atoms in total. The number of nitrogens with one attached hydrogen (secondary N) is 1. The molecule has 0 amide bonds. The monoisotopic (exact) mass is 283 g/mol. The van der Waals surface area contributed by atoms with Crippen LogP contribution in [0.1, 0.15) is 18.7 Å². The molecule has 108 valence electrons. The summed E-state index contributed by atoms with van der Waals surface area (Å²) in [6.45, 7) is 3.30. The highest BCUT2D eigenvalue weighted by molar-refractivity contribution is 5.74. The van der Waals surface area contributed by atoms with Crippen molar-refractivity contribution in [2.75, 3.05) is 6.54 Å². The van der Waals surface area contributed by atoms with E-state index in [1.54, 1.807) is 10.8 Å². The molecule has 3 aromatic rings. The van der Waals surface area contributed by atoms with Crippen LogP contribution in [-0.4, -0.2) is 16.1 Å². The van der Waals surface area contributed by atoms with Gasteiger partial charge in [0, 0.05) is 13.1 Å². The minimum atomic E-state index is -0.0823. The van der Waals surface area contributed by atoms with E-state index in [-0.39, 0.29) is 11.6 Å². The number of hydrogen-bond acceptors (Lipinski definition) is 4. The van der Waals surface area contributed by atoms with Gasteiger partial charge in [0.1, 0.15) is 5.76 Å². The van der Waals surface area contributed by atoms with Gasteiger partial charge < -0.3 is 14.3 Å². The average Bonchev–Trinajstić information content (AvgIpc) is 3.04. The van der Waals surface area contributed by atoms with Crippen molar-refractivity contribution >= 4 is 11.0 Å². The molecule has 1 unspecified atom stereocenters. The molecule has 3 rings (SSSR count). The van der Waals surface area contributed by atoms with Gasteiger partial charge in [0.05, 0.1) is 29.5 Å². The van der Waals surface area contributed by atoms with E-state index < -0.39 is 0 Å². The maximum atomic E-state index is 12.0. The van der Waals surface area contributed by atoms with Gasteiger partial charge in [0.15, 0.2) is 0 Å². The molecule has 0 aliphatic heterocycles. The molecule has 5 heteroatoms. The molecule has 0 aliphatic carbocycles. The third-order valence-corrected chi connectivity index (χ3v) is 3.51. The van der Waals surface area contributed by atoms with E-state index in [0.29, 0.717) is 13.1 Å². The molecule has 0 saturated carbocycles. The molecular weight excluding hydrogens is 266 g/mol. The highest BCUT2D eigenvalue weighted by atomic mass is 16.3. The molecule has 0 aliphatic rings. The van der Waals surface area contributed by atoms with Gasteiger partial charge in [-0.1, -0.05) is 12.1 Å². The Morgan fingerprint density at radius 3 is 2.95 bits per heavy atom. The van der Waals surface area contributed by atoms with Crippen molar-refractivity contribution in [1.82, 2.24) is 14.9 Å². The van der Waals surface area contributed by atoms with Crippen LogP contribution in [-0.2, 0) is 6.54 Å². The topological polar surface area (TPSA) is 60.1 Å². The summed E-state index contributed by atoms with van der Waals surface area (Å²) < 4.78 is 7.09. The molecule has 0 saturated heterocycles. The van der Waals surface area contributed by atoms with E-state index >= 15 is 0 Å². The summed E-state index contributed by atoms with van der Waals surface area (Å²) in [6.07, 6.45) is 3.03. The third kappa shape index (κ3) is 2.87. The minimum Gasteiger partial charge on any atom is -0.468 e. The number of nitrogens with zero attached hydrogens (tertiary/aromatic N) is 2. The van der Waals surface area contributed by atoms with E-state index in [4.69, 9.17) is 4.42 Å². The Labute approximate surface area is 122 Å². The fraction of sp³-hybridized carbons (Fsp3) is 0.250. The second kappa shape index (κ2) is 5.93. The number of hydrogen-bond donors (Lipinski definition) is 1. The van der Waals surface area contributed by atoms with Crippen molar-refractivity contribution < 1.29 is 4.42 Å². The second-order valence-electron chi connectivity index (χ2n) is 4.93. The Kier molecular flexibility index (Phi) is 3.83. The van der Waals surface area contributed by atoms with Crippen LogP contribution in [0.25, 0.3) is 11.0 Å². The first-order valence-electron chi connectivity index (χ1n) is 6.97. The zero-order valence-electron chi connectivity index (χ0n) is 11.8. The van der Waals surface area contributed by atoms with Crippen molar-refractivity contribution in [1.29, 1.82) is 0 Å². The van der Waals surface area contributed by atoms with Crippen LogP contribution in [0.4, 0.5) is 0 Å². The highest BCUT2D eigenvalue weighted by Crippen LogP contribution is 2.12. The maximum absolute atomic E-state index is 12.0. The summed E-state index contributed by atoms with van der Waals surface area (Å²) in [5, 5.41) is 3.35.